The molecule has 0 aliphatic rings. The molecule has 0 saturated carbocycles. The first-order chi connectivity index (χ1) is 12.0. The second-order valence-electron chi connectivity index (χ2n) is 5.74. The quantitative estimate of drug-likeness (QED) is 0.752. The molecule has 0 aliphatic carbocycles. The molecule has 1 amide bonds. The second kappa shape index (κ2) is 6.76. The fourth-order valence-electron chi connectivity index (χ4n) is 2.57. The maximum absolute atomic E-state index is 12.2. The highest BCUT2D eigenvalue weighted by Gasteiger charge is 2.12. The smallest absolute Gasteiger partial charge is 0.267 e. The van der Waals surface area contributed by atoms with Crippen molar-refractivity contribution in [2.75, 3.05) is 0 Å². The number of nitrogens with zero attached hydrogens (tertiary/aromatic N) is 4. The van der Waals surface area contributed by atoms with Gasteiger partial charge in [0.2, 0.25) is 5.91 Å². The molecule has 0 bridgehead atoms. The molecule has 0 atom stereocenters. The molecule has 0 saturated heterocycles. The average Bonchev–Trinajstić information content (AvgIpc) is 3.18. The van der Waals surface area contributed by atoms with Gasteiger partial charge in [-0.1, -0.05) is 0 Å². The van der Waals surface area contributed by atoms with E-state index in [-0.39, 0.29) is 18.0 Å². The van der Waals surface area contributed by atoms with Crippen LogP contribution < -0.4 is 10.9 Å². The van der Waals surface area contributed by atoms with Gasteiger partial charge in [-0.2, -0.15) is 10.2 Å². The van der Waals surface area contributed by atoms with Crippen LogP contribution in [0.4, 0.5) is 0 Å². The van der Waals surface area contributed by atoms with Gasteiger partial charge in [-0.3, -0.25) is 14.3 Å². The number of hydrogen-bond acceptors (Lipinski definition) is 5. The van der Waals surface area contributed by atoms with Crippen LogP contribution in [0.5, 0.6) is 0 Å². The number of carbonyl (C=O) groups is 1. The Kier molecular flexibility index (Phi) is 4.51. The van der Waals surface area contributed by atoms with Crippen LogP contribution in [-0.2, 0) is 24.9 Å². The zero-order chi connectivity index (χ0) is 18.0. The highest BCUT2D eigenvalue weighted by atomic mass is 16.3. The third-order valence-corrected chi connectivity index (χ3v) is 4.05. The summed E-state index contributed by atoms with van der Waals surface area (Å²) in [4.78, 5) is 24.1. The normalized spacial score (nSPS) is 10.8. The van der Waals surface area contributed by atoms with Crippen molar-refractivity contribution in [1.82, 2.24) is 24.9 Å². The highest BCUT2D eigenvalue weighted by molar-refractivity contribution is 5.75. The van der Waals surface area contributed by atoms with E-state index in [2.05, 4.69) is 15.5 Å². The van der Waals surface area contributed by atoms with Crippen molar-refractivity contribution in [2.24, 2.45) is 7.05 Å². The van der Waals surface area contributed by atoms with Gasteiger partial charge in [0.05, 0.1) is 12.0 Å². The van der Waals surface area contributed by atoms with Crippen molar-refractivity contribution in [2.45, 2.75) is 26.9 Å². The molecule has 3 heterocycles. The Bertz CT molecular complexity index is 953. The number of furan rings is 1. The van der Waals surface area contributed by atoms with Gasteiger partial charge in [-0.25, -0.2) is 4.68 Å². The minimum Gasteiger partial charge on any atom is -0.463 e. The van der Waals surface area contributed by atoms with Gasteiger partial charge in [0.25, 0.3) is 5.56 Å². The number of amides is 1. The topological polar surface area (TPSA) is 95.0 Å². The lowest BCUT2D eigenvalue weighted by Crippen LogP contribution is -2.33. The van der Waals surface area contributed by atoms with Crippen LogP contribution in [0.3, 0.4) is 0 Å². The molecule has 3 rings (SSSR count). The fourth-order valence-corrected chi connectivity index (χ4v) is 2.57. The summed E-state index contributed by atoms with van der Waals surface area (Å²) >= 11 is 0. The summed E-state index contributed by atoms with van der Waals surface area (Å²) in [5.41, 5.74) is 2.99. The molecule has 0 unspecified atom stereocenters. The molecule has 0 aromatic carbocycles. The van der Waals surface area contributed by atoms with E-state index in [1.165, 1.54) is 12.3 Å². The predicted molar refractivity (Wildman–Crippen MR) is 90.7 cm³/mol. The Morgan fingerprint density at radius 2 is 2.04 bits per heavy atom. The Hall–Kier alpha value is -3.16. The molecule has 130 valence electrons. The van der Waals surface area contributed by atoms with Gasteiger partial charge in [0, 0.05) is 30.9 Å². The number of nitrogens with one attached hydrogen (secondary N) is 1. The summed E-state index contributed by atoms with van der Waals surface area (Å²) < 4.78 is 8.16. The molecule has 0 fully saturated rings. The first-order valence-electron chi connectivity index (χ1n) is 7.83. The molecule has 8 heteroatoms. The van der Waals surface area contributed by atoms with E-state index in [9.17, 15) is 9.59 Å². The Morgan fingerprint density at radius 3 is 2.68 bits per heavy atom. The SMILES string of the molecule is Cc1nn(C)c(C)c1CNC(=O)Cn1nc(-c2ccco2)ccc1=O. The van der Waals surface area contributed by atoms with Crippen LogP contribution in [0.25, 0.3) is 11.5 Å². The standard InChI is InChI=1S/C17H19N5O3/c1-11-13(12(2)21(3)19-11)9-18-16(23)10-22-17(24)7-6-14(20-22)15-5-4-8-25-15/h4-8H,9-10H2,1-3H3,(H,18,23). The zero-order valence-corrected chi connectivity index (χ0v) is 14.3. The van der Waals surface area contributed by atoms with E-state index in [1.807, 2.05) is 20.9 Å². The van der Waals surface area contributed by atoms with Gasteiger partial charge < -0.3 is 9.73 Å². The minimum atomic E-state index is -0.348. The highest BCUT2D eigenvalue weighted by Crippen LogP contribution is 2.15. The van der Waals surface area contributed by atoms with Crippen molar-refractivity contribution in [3.8, 4) is 11.5 Å². The van der Waals surface area contributed by atoms with E-state index >= 15 is 0 Å². The molecular weight excluding hydrogens is 322 g/mol. The largest absolute Gasteiger partial charge is 0.463 e. The number of aromatic nitrogens is 4. The second-order valence-corrected chi connectivity index (χ2v) is 5.74. The summed E-state index contributed by atoms with van der Waals surface area (Å²) in [6, 6.07) is 6.41. The summed E-state index contributed by atoms with van der Waals surface area (Å²) in [5.74, 6) is 0.240. The van der Waals surface area contributed by atoms with Crippen LogP contribution >= 0.6 is 0 Å². The van der Waals surface area contributed by atoms with Crippen molar-refractivity contribution in [1.29, 1.82) is 0 Å². The van der Waals surface area contributed by atoms with Crippen molar-refractivity contribution in [3.05, 3.63) is 57.8 Å². The van der Waals surface area contributed by atoms with Crippen LogP contribution in [0.15, 0.2) is 39.7 Å². The van der Waals surface area contributed by atoms with Crippen LogP contribution in [0.1, 0.15) is 17.0 Å². The summed E-state index contributed by atoms with van der Waals surface area (Å²) in [6.45, 7) is 4.04. The van der Waals surface area contributed by atoms with Gasteiger partial charge in [0.15, 0.2) is 5.76 Å². The van der Waals surface area contributed by atoms with E-state index in [1.54, 1.807) is 22.9 Å². The van der Waals surface area contributed by atoms with Crippen LogP contribution in [0.2, 0.25) is 0 Å². The first kappa shape index (κ1) is 16.7. The van der Waals surface area contributed by atoms with Gasteiger partial charge >= 0.3 is 0 Å². The Balaban J connectivity index is 1.71. The predicted octanol–water partition coefficient (Wildman–Crippen LogP) is 1.17. The zero-order valence-electron chi connectivity index (χ0n) is 14.3. The number of carbonyl (C=O) groups excluding carboxylic acids is 1. The first-order valence-corrected chi connectivity index (χ1v) is 7.83. The third-order valence-electron chi connectivity index (χ3n) is 4.05. The molecule has 1 N–H and O–H groups in total. The van der Waals surface area contributed by atoms with Crippen molar-refractivity contribution < 1.29 is 9.21 Å². The molecule has 0 aliphatic heterocycles. The summed E-state index contributed by atoms with van der Waals surface area (Å²) in [7, 11) is 1.86. The van der Waals surface area contributed by atoms with Crippen molar-refractivity contribution >= 4 is 5.91 Å². The van der Waals surface area contributed by atoms with Crippen molar-refractivity contribution in [3.63, 3.8) is 0 Å². The Labute approximate surface area is 144 Å². The molecular formula is C17H19N5O3. The number of rotatable bonds is 5. The molecule has 3 aromatic rings. The Morgan fingerprint density at radius 1 is 1.24 bits per heavy atom. The maximum atomic E-state index is 12.2. The molecule has 0 spiro atoms. The number of aryl methyl sites for hydroxylation is 2. The van der Waals surface area contributed by atoms with E-state index < -0.39 is 0 Å². The molecule has 8 nitrogen and oxygen atoms in total. The van der Waals surface area contributed by atoms with Gasteiger partial charge in [0.1, 0.15) is 12.2 Å². The van der Waals surface area contributed by atoms with E-state index in [0.717, 1.165) is 21.6 Å². The van der Waals surface area contributed by atoms with Crippen LogP contribution in [0, 0.1) is 13.8 Å². The molecule has 25 heavy (non-hydrogen) atoms. The van der Waals surface area contributed by atoms with E-state index in [0.29, 0.717) is 18.0 Å². The lowest BCUT2D eigenvalue weighted by Gasteiger charge is -2.08. The fraction of sp³-hybridized carbons (Fsp3) is 0.294. The molecule has 0 radical (unpaired) electrons. The molecule has 3 aromatic heterocycles. The van der Waals surface area contributed by atoms with Gasteiger partial charge in [-0.05, 0) is 32.0 Å². The lowest BCUT2D eigenvalue weighted by atomic mass is 10.2. The van der Waals surface area contributed by atoms with Crippen LogP contribution in [-0.4, -0.2) is 25.5 Å². The van der Waals surface area contributed by atoms with E-state index in [4.69, 9.17) is 4.42 Å². The number of hydrogen-bond donors (Lipinski definition) is 1. The maximum Gasteiger partial charge on any atom is 0.267 e. The monoisotopic (exact) mass is 341 g/mol. The van der Waals surface area contributed by atoms with Gasteiger partial charge in [-0.15, -0.1) is 0 Å². The third kappa shape index (κ3) is 3.52. The summed E-state index contributed by atoms with van der Waals surface area (Å²) in [5, 5.41) is 11.3. The summed E-state index contributed by atoms with van der Waals surface area (Å²) in [6.07, 6.45) is 1.53. The minimum absolute atomic E-state index is 0.161. The average molecular weight is 341 g/mol. The lowest BCUT2D eigenvalue weighted by molar-refractivity contribution is -0.122.